The molecule has 1 amide bonds. The first-order valence-corrected chi connectivity index (χ1v) is 11.3. The number of unbranched alkanes of at least 4 members (excludes halogenated alkanes) is 1. The Labute approximate surface area is 180 Å². The summed E-state index contributed by atoms with van der Waals surface area (Å²) in [5, 5.41) is 10.5. The van der Waals surface area contributed by atoms with Crippen molar-refractivity contribution in [3.8, 4) is 0 Å². The Morgan fingerprint density at radius 1 is 1.10 bits per heavy atom. The summed E-state index contributed by atoms with van der Waals surface area (Å²) in [6.07, 6.45) is 12.3. The van der Waals surface area contributed by atoms with E-state index in [-0.39, 0.29) is 23.7 Å². The lowest BCUT2D eigenvalue weighted by Crippen LogP contribution is -2.21. The highest BCUT2D eigenvalue weighted by molar-refractivity contribution is 5.89. The maximum Gasteiger partial charge on any atom is 0.222 e. The molecule has 4 nitrogen and oxygen atoms in total. The van der Waals surface area contributed by atoms with Crippen molar-refractivity contribution >= 4 is 11.7 Å². The van der Waals surface area contributed by atoms with E-state index in [9.17, 15) is 14.7 Å². The second-order valence-electron chi connectivity index (χ2n) is 9.04. The number of hydrogen-bond acceptors (Lipinski definition) is 3. The number of amides is 1. The number of benzene rings is 1. The summed E-state index contributed by atoms with van der Waals surface area (Å²) in [5.41, 5.74) is 2.64. The van der Waals surface area contributed by atoms with Crippen LogP contribution in [0.4, 0.5) is 0 Å². The maximum atomic E-state index is 12.3. The van der Waals surface area contributed by atoms with E-state index < -0.39 is 0 Å². The van der Waals surface area contributed by atoms with E-state index in [1.807, 2.05) is 36.4 Å². The third-order valence-corrected chi connectivity index (χ3v) is 6.59. The van der Waals surface area contributed by atoms with Crippen molar-refractivity contribution in [3.63, 3.8) is 0 Å². The van der Waals surface area contributed by atoms with Crippen LogP contribution in [0.3, 0.4) is 0 Å². The van der Waals surface area contributed by atoms with Gasteiger partial charge in [0.05, 0.1) is 6.10 Å². The first-order valence-electron chi connectivity index (χ1n) is 11.3. The number of aliphatic hydroxyl groups excluding tert-OH is 1. The van der Waals surface area contributed by atoms with Crippen LogP contribution in [0.1, 0.15) is 50.5 Å². The van der Waals surface area contributed by atoms with Gasteiger partial charge in [0.25, 0.3) is 0 Å². The molecule has 0 aromatic heterocycles. The highest BCUT2D eigenvalue weighted by Crippen LogP contribution is 2.48. The number of ketones is 1. The van der Waals surface area contributed by atoms with Crippen LogP contribution in [0.5, 0.6) is 0 Å². The van der Waals surface area contributed by atoms with Crippen LogP contribution < -0.4 is 0 Å². The van der Waals surface area contributed by atoms with Gasteiger partial charge >= 0.3 is 0 Å². The van der Waals surface area contributed by atoms with Gasteiger partial charge in [-0.25, -0.2) is 0 Å². The number of carbonyl (C=O) groups excluding carboxylic acids is 2. The highest BCUT2D eigenvalue weighted by atomic mass is 16.3. The van der Waals surface area contributed by atoms with Crippen molar-refractivity contribution in [2.45, 2.75) is 57.5 Å². The van der Waals surface area contributed by atoms with E-state index in [1.54, 1.807) is 25.1 Å². The maximum absolute atomic E-state index is 12.3. The molecule has 0 heterocycles. The molecule has 1 fully saturated rings. The monoisotopic (exact) mass is 409 g/mol. The number of allylic oxidation sites excluding steroid dienone is 3. The van der Waals surface area contributed by atoms with Crippen LogP contribution in [0, 0.1) is 17.8 Å². The summed E-state index contributed by atoms with van der Waals surface area (Å²) < 4.78 is 0. The normalized spacial score (nSPS) is 25.4. The largest absolute Gasteiger partial charge is 0.392 e. The van der Waals surface area contributed by atoms with Gasteiger partial charge in [0.1, 0.15) is 0 Å². The van der Waals surface area contributed by atoms with Gasteiger partial charge in [0, 0.05) is 32.9 Å². The minimum absolute atomic E-state index is 0.0692. The molecule has 1 aromatic rings. The molecule has 2 aliphatic carbocycles. The van der Waals surface area contributed by atoms with E-state index in [2.05, 4.69) is 6.08 Å². The Morgan fingerprint density at radius 2 is 1.87 bits per heavy atom. The van der Waals surface area contributed by atoms with E-state index in [4.69, 9.17) is 0 Å². The summed E-state index contributed by atoms with van der Waals surface area (Å²) in [6.45, 7) is 0. The van der Waals surface area contributed by atoms with E-state index in [1.165, 1.54) is 11.1 Å². The SMILES string of the molecule is CN(C)C(=O)CCCCC1=C[C@H]2C[C@@H](O)[C@H](C=CC(=O)CCc3ccccc3)[C@H]2C1. The minimum Gasteiger partial charge on any atom is -0.392 e. The molecule has 0 aliphatic heterocycles. The predicted molar refractivity (Wildman–Crippen MR) is 120 cm³/mol. The summed E-state index contributed by atoms with van der Waals surface area (Å²) in [7, 11) is 3.60. The first kappa shape index (κ1) is 22.5. The van der Waals surface area contributed by atoms with Crippen molar-refractivity contribution in [1.29, 1.82) is 0 Å². The van der Waals surface area contributed by atoms with Gasteiger partial charge in [-0.1, -0.05) is 48.1 Å². The van der Waals surface area contributed by atoms with Gasteiger partial charge < -0.3 is 10.0 Å². The summed E-state index contributed by atoms with van der Waals surface area (Å²) in [4.78, 5) is 25.6. The standard InChI is InChI=1S/C26H35NO3/c1-27(2)26(30)11-7-6-10-20-16-21-18-25(29)23(24(21)17-20)15-14-22(28)13-12-19-8-4-3-5-9-19/h3-5,8-9,14-16,21,23-25,29H,6-7,10-13,17-18H2,1-2H3/t21-,23+,24-,25+/m0/s1. The first-order chi connectivity index (χ1) is 14.4. The highest BCUT2D eigenvalue weighted by Gasteiger charge is 2.43. The lowest BCUT2D eigenvalue weighted by molar-refractivity contribution is -0.128. The molecule has 0 radical (unpaired) electrons. The van der Waals surface area contributed by atoms with Gasteiger partial charge in [-0.3, -0.25) is 9.59 Å². The molecule has 0 saturated heterocycles. The molecular formula is C26H35NO3. The zero-order chi connectivity index (χ0) is 21.5. The van der Waals surface area contributed by atoms with Crippen molar-refractivity contribution in [3.05, 3.63) is 59.7 Å². The van der Waals surface area contributed by atoms with Crippen LogP contribution >= 0.6 is 0 Å². The van der Waals surface area contributed by atoms with E-state index in [0.29, 0.717) is 24.7 Å². The fourth-order valence-electron chi connectivity index (χ4n) is 4.86. The lowest BCUT2D eigenvalue weighted by atomic mass is 9.88. The van der Waals surface area contributed by atoms with Crippen LogP contribution in [-0.4, -0.2) is 41.9 Å². The molecule has 162 valence electrons. The van der Waals surface area contributed by atoms with Crippen molar-refractivity contribution < 1.29 is 14.7 Å². The fraction of sp³-hybridized carbons (Fsp3) is 0.538. The van der Waals surface area contributed by atoms with Crippen molar-refractivity contribution in [2.75, 3.05) is 14.1 Å². The van der Waals surface area contributed by atoms with Gasteiger partial charge in [-0.05, 0) is 62.0 Å². The number of hydrogen-bond donors (Lipinski definition) is 1. The Bertz CT molecular complexity index is 781. The molecule has 4 atom stereocenters. The molecule has 30 heavy (non-hydrogen) atoms. The predicted octanol–water partition coefficient (Wildman–Crippen LogP) is 4.34. The average Bonchev–Trinajstić information content (AvgIpc) is 3.25. The van der Waals surface area contributed by atoms with Gasteiger partial charge in [-0.2, -0.15) is 0 Å². The minimum atomic E-state index is -0.353. The molecule has 1 N–H and O–H groups in total. The molecule has 3 rings (SSSR count). The zero-order valence-electron chi connectivity index (χ0n) is 18.3. The van der Waals surface area contributed by atoms with E-state index in [0.717, 1.165) is 38.5 Å². The topological polar surface area (TPSA) is 57.6 Å². The summed E-state index contributed by atoms with van der Waals surface area (Å²) >= 11 is 0. The van der Waals surface area contributed by atoms with Crippen LogP contribution in [0.15, 0.2) is 54.1 Å². The number of aliphatic hydroxyl groups is 1. The van der Waals surface area contributed by atoms with Crippen LogP contribution in [0.25, 0.3) is 0 Å². The number of nitrogens with zero attached hydrogens (tertiary/aromatic N) is 1. The Kier molecular flexibility index (Phi) is 8.03. The number of aryl methyl sites for hydroxylation is 1. The molecule has 0 spiro atoms. The fourth-order valence-corrected chi connectivity index (χ4v) is 4.86. The third-order valence-electron chi connectivity index (χ3n) is 6.59. The Morgan fingerprint density at radius 3 is 2.60 bits per heavy atom. The quantitative estimate of drug-likeness (QED) is 0.355. The van der Waals surface area contributed by atoms with E-state index >= 15 is 0 Å². The lowest BCUT2D eigenvalue weighted by Gasteiger charge is -2.18. The Balaban J connectivity index is 1.43. The van der Waals surface area contributed by atoms with Crippen molar-refractivity contribution in [2.24, 2.45) is 17.8 Å². The number of carbonyl (C=O) groups is 2. The smallest absolute Gasteiger partial charge is 0.222 e. The number of fused-ring (bicyclic) bond motifs is 1. The second-order valence-corrected chi connectivity index (χ2v) is 9.04. The van der Waals surface area contributed by atoms with Crippen LogP contribution in [-0.2, 0) is 16.0 Å². The van der Waals surface area contributed by atoms with Crippen molar-refractivity contribution in [1.82, 2.24) is 4.90 Å². The van der Waals surface area contributed by atoms with Gasteiger partial charge in [0.15, 0.2) is 5.78 Å². The van der Waals surface area contributed by atoms with Gasteiger partial charge in [0.2, 0.25) is 5.91 Å². The van der Waals surface area contributed by atoms with Crippen LogP contribution in [0.2, 0.25) is 0 Å². The average molecular weight is 410 g/mol. The molecular weight excluding hydrogens is 374 g/mol. The Hall–Kier alpha value is -2.20. The molecule has 1 saturated carbocycles. The molecule has 0 unspecified atom stereocenters. The third kappa shape index (κ3) is 6.15. The summed E-state index contributed by atoms with van der Waals surface area (Å²) in [5.74, 6) is 1.23. The van der Waals surface area contributed by atoms with Gasteiger partial charge in [-0.15, -0.1) is 0 Å². The summed E-state index contributed by atoms with van der Waals surface area (Å²) in [6, 6.07) is 10.1. The molecule has 4 heteroatoms. The second kappa shape index (κ2) is 10.7. The molecule has 0 bridgehead atoms. The molecule has 2 aliphatic rings. The number of rotatable bonds is 10. The zero-order valence-corrected chi connectivity index (χ0v) is 18.3. The molecule has 1 aromatic carbocycles.